The topological polar surface area (TPSA) is 54.5 Å². The Morgan fingerprint density at radius 2 is 2.15 bits per heavy atom. The number of rotatable bonds is 2. The molecule has 1 aliphatic heterocycles. The average molecular weight is 281 g/mol. The minimum atomic E-state index is -0.520. The number of amides is 1. The van der Waals surface area contributed by atoms with Crippen molar-refractivity contribution in [2.24, 2.45) is 0 Å². The molecule has 1 aromatic heterocycles. The molecule has 1 aromatic rings. The zero-order valence-corrected chi connectivity index (χ0v) is 12.2. The number of hydrogen-bond acceptors (Lipinski definition) is 4. The van der Waals surface area contributed by atoms with Crippen molar-refractivity contribution in [3.8, 4) is 0 Å². The maximum Gasteiger partial charge on any atom is 0.408 e. The van der Waals surface area contributed by atoms with Crippen LogP contribution in [-0.4, -0.2) is 35.3 Å². The van der Waals surface area contributed by atoms with E-state index in [1.807, 2.05) is 32.6 Å². The van der Waals surface area contributed by atoms with E-state index in [9.17, 15) is 9.18 Å². The lowest BCUT2D eigenvalue weighted by atomic mass is 9.92. The number of hydrogen-bond donors (Lipinski definition) is 1. The van der Waals surface area contributed by atoms with Crippen LogP contribution in [0.25, 0.3) is 0 Å². The van der Waals surface area contributed by atoms with Crippen LogP contribution in [-0.2, 0) is 4.74 Å². The largest absolute Gasteiger partial charge is 0.444 e. The van der Waals surface area contributed by atoms with E-state index in [2.05, 4.69) is 10.3 Å². The number of ether oxygens (including phenoxy) is 1. The summed E-state index contributed by atoms with van der Waals surface area (Å²) in [5, 5.41) is 2.84. The Balaban J connectivity index is 1.89. The van der Waals surface area contributed by atoms with Gasteiger partial charge in [0, 0.05) is 25.4 Å². The first kappa shape index (κ1) is 14.6. The number of pyridine rings is 1. The Kier molecular flexibility index (Phi) is 3.58. The summed E-state index contributed by atoms with van der Waals surface area (Å²) in [4.78, 5) is 17.7. The van der Waals surface area contributed by atoms with Gasteiger partial charge in [-0.05, 0) is 33.8 Å². The predicted octanol–water partition coefficient (Wildman–Crippen LogP) is 2.32. The predicted molar refractivity (Wildman–Crippen MR) is 74.2 cm³/mol. The van der Waals surface area contributed by atoms with E-state index in [1.54, 1.807) is 0 Å². The highest BCUT2D eigenvalue weighted by atomic mass is 19.1. The molecule has 1 aliphatic rings. The van der Waals surface area contributed by atoms with Crippen molar-refractivity contribution in [1.29, 1.82) is 0 Å². The van der Waals surface area contributed by atoms with Crippen LogP contribution < -0.4 is 10.2 Å². The summed E-state index contributed by atoms with van der Waals surface area (Å²) in [7, 11) is 0. The van der Waals surface area contributed by atoms with Gasteiger partial charge in [-0.15, -0.1) is 0 Å². The summed E-state index contributed by atoms with van der Waals surface area (Å²) < 4.78 is 18.3. The minimum Gasteiger partial charge on any atom is -0.444 e. The van der Waals surface area contributed by atoms with E-state index in [0.717, 1.165) is 0 Å². The molecule has 1 fully saturated rings. The molecule has 0 radical (unpaired) electrons. The fourth-order valence-electron chi connectivity index (χ4n) is 2.15. The lowest BCUT2D eigenvalue weighted by Gasteiger charge is -2.48. The summed E-state index contributed by atoms with van der Waals surface area (Å²) in [6, 6.07) is 2.69. The van der Waals surface area contributed by atoms with Gasteiger partial charge in [-0.3, -0.25) is 0 Å². The van der Waals surface area contributed by atoms with Crippen molar-refractivity contribution in [1.82, 2.24) is 10.3 Å². The first-order valence-corrected chi connectivity index (χ1v) is 6.55. The van der Waals surface area contributed by atoms with Gasteiger partial charge >= 0.3 is 6.09 Å². The lowest BCUT2D eigenvalue weighted by Crippen LogP contribution is -2.69. The standard InChI is InChI=1S/C14H20FN3O2/c1-13(2,3)20-12(19)17-14(4)8-18(9-14)11-7-10(15)5-6-16-11/h5-7H,8-9H2,1-4H3,(H,17,19). The first-order valence-electron chi connectivity index (χ1n) is 6.55. The lowest BCUT2D eigenvalue weighted by molar-refractivity contribution is 0.0445. The third kappa shape index (κ3) is 3.59. The highest BCUT2D eigenvalue weighted by Gasteiger charge is 2.41. The Hall–Kier alpha value is -1.85. The fourth-order valence-corrected chi connectivity index (χ4v) is 2.15. The molecule has 2 heterocycles. The van der Waals surface area contributed by atoms with Gasteiger partial charge in [0.15, 0.2) is 0 Å². The molecule has 1 saturated heterocycles. The van der Waals surface area contributed by atoms with Crippen molar-refractivity contribution in [2.75, 3.05) is 18.0 Å². The van der Waals surface area contributed by atoms with Crippen LogP contribution in [0.3, 0.4) is 0 Å². The number of nitrogens with zero attached hydrogens (tertiary/aromatic N) is 2. The van der Waals surface area contributed by atoms with Gasteiger partial charge in [-0.1, -0.05) is 0 Å². The molecule has 0 saturated carbocycles. The van der Waals surface area contributed by atoms with E-state index >= 15 is 0 Å². The zero-order valence-electron chi connectivity index (χ0n) is 12.2. The van der Waals surface area contributed by atoms with Gasteiger partial charge in [-0.25, -0.2) is 14.2 Å². The van der Waals surface area contributed by atoms with Gasteiger partial charge in [0.25, 0.3) is 0 Å². The number of carbonyl (C=O) groups is 1. The quantitative estimate of drug-likeness (QED) is 0.904. The van der Waals surface area contributed by atoms with E-state index in [0.29, 0.717) is 18.9 Å². The zero-order chi connectivity index (χ0) is 15.0. The van der Waals surface area contributed by atoms with Crippen LogP contribution in [0.5, 0.6) is 0 Å². The monoisotopic (exact) mass is 281 g/mol. The maximum absolute atomic E-state index is 13.1. The highest BCUT2D eigenvalue weighted by Crippen LogP contribution is 2.26. The van der Waals surface area contributed by atoms with E-state index in [4.69, 9.17) is 4.74 Å². The summed E-state index contributed by atoms with van der Waals surface area (Å²) in [6.07, 6.45) is 0.994. The van der Waals surface area contributed by atoms with Crippen LogP contribution in [0.15, 0.2) is 18.3 Å². The Morgan fingerprint density at radius 3 is 2.70 bits per heavy atom. The molecule has 2 rings (SSSR count). The molecule has 110 valence electrons. The SMILES string of the molecule is CC1(NC(=O)OC(C)(C)C)CN(c2cc(F)ccn2)C1. The molecular weight excluding hydrogens is 261 g/mol. The summed E-state index contributed by atoms with van der Waals surface area (Å²) >= 11 is 0. The van der Waals surface area contributed by atoms with Gasteiger partial charge in [0.05, 0.1) is 5.54 Å². The molecule has 0 spiro atoms. The Morgan fingerprint density at radius 1 is 1.50 bits per heavy atom. The van der Waals surface area contributed by atoms with Crippen LogP contribution in [0.4, 0.5) is 15.0 Å². The second kappa shape index (κ2) is 4.92. The molecule has 0 unspecified atom stereocenters. The molecule has 0 atom stereocenters. The molecule has 20 heavy (non-hydrogen) atoms. The summed E-state index contributed by atoms with van der Waals surface area (Å²) in [5.41, 5.74) is -0.898. The van der Waals surface area contributed by atoms with Crippen LogP contribution in [0, 0.1) is 5.82 Å². The molecule has 1 N–H and O–H groups in total. The van der Waals surface area contributed by atoms with Crippen LogP contribution in [0.1, 0.15) is 27.7 Å². The third-order valence-corrected chi connectivity index (χ3v) is 2.91. The molecular formula is C14H20FN3O2. The Labute approximate surface area is 118 Å². The van der Waals surface area contributed by atoms with Crippen LogP contribution in [0.2, 0.25) is 0 Å². The number of alkyl carbamates (subject to hydrolysis) is 1. The summed E-state index contributed by atoms with van der Waals surface area (Å²) in [6.45, 7) is 8.52. The second-order valence-electron chi connectivity index (χ2n) is 6.38. The minimum absolute atomic E-state index is 0.316. The van der Waals surface area contributed by atoms with Gasteiger partial charge < -0.3 is 15.0 Å². The summed E-state index contributed by atoms with van der Waals surface area (Å²) in [5.74, 6) is 0.261. The van der Waals surface area contributed by atoms with Crippen molar-refractivity contribution in [3.05, 3.63) is 24.1 Å². The normalized spacial score (nSPS) is 17.4. The molecule has 0 aliphatic carbocycles. The third-order valence-electron chi connectivity index (χ3n) is 2.91. The molecule has 0 aromatic carbocycles. The molecule has 0 bridgehead atoms. The van der Waals surface area contributed by atoms with E-state index < -0.39 is 11.7 Å². The second-order valence-corrected chi connectivity index (χ2v) is 6.38. The van der Waals surface area contributed by atoms with Crippen molar-refractivity contribution < 1.29 is 13.9 Å². The van der Waals surface area contributed by atoms with Gasteiger partial charge in [0.2, 0.25) is 0 Å². The first-order chi connectivity index (χ1) is 9.17. The fraction of sp³-hybridized carbons (Fsp3) is 0.571. The maximum atomic E-state index is 13.1. The van der Waals surface area contributed by atoms with Crippen molar-refractivity contribution in [2.45, 2.75) is 38.8 Å². The Bertz CT molecular complexity index is 507. The number of aromatic nitrogens is 1. The molecule has 6 heteroatoms. The van der Waals surface area contributed by atoms with Crippen molar-refractivity contribution in [3.63, 3.8) is 0 Å². The average Bonchev–Trinajstić information content (AvgIpc) is 2.22. The van der Waals surface area contributed by atoms with E-state index in [-0.39, 0.29) is 11.4 Å². The van der Waals surface area contributed by atoms with E-state index in [1.165, 1.54) is 18.3 Å². The van der Waals surface area contributed by atoms with Crippen molar-refractivity contribution >= 4 is 11.9 Å². The number of nitrogens with one attached hydrogen (secondary N) is 1. The molecule has 5 nitrogen and oxygen atoms in total. The van der Waals surface area contributed by atoms with Gasteiger partial charge in [-0.2, -0.15) is 0 Å². The highest BCUT2D eigenvalue weighted by molar-refractivity contribution is 5.69. The van der Waals surface area contributed by atoms with Gasteiger partial charge in [0.1, 0.15) is 17.2 Å². The molecule has 1 amide bonds. The number of anilines is 1. The van der Waals surface area contributed by atoms with Crippen LogP contribution >= 0.6 is 0 Å². The number of halogens is 1. The smallest absolute Gasteiger partial charge is 0.408 e. The number of carbonyl (C=O) groups excluding carboxylic acids is 1.